The highest BCUT2D eigenvalue weighted by Crippen LogP contribution is 2.29. The van der Waals surface area contributed by atoms with Gasteiger partial charge in [0.15, 0.2) is 5.82 Å². The standard InChI is InChI=1S/C22H25N5O/c1-16-6-2-3-7-18(16)17-10-12-27(14-17)13-11-23-22(28)20-9-5-4-8-19(20)21-24-15-25-26-21/h2-9,15,17H,10-14H2,1H3,(H,23,28)(H,24,25,26). The van der Waals surface area contributed by atoms with Gasteiger partial charge < -0.3 is 10.2 Å². The summed E-state index contributed by atoms with van der Waals surface area (Å²) in [5.41, 5.74) is 4.19. The number of aromatic amines is 1. The third kappa shape index (κ3) is 3.97. The van der Waals surface area contributed by atoms with Crippen molar-refractivity contribution < 1.29 is 4.79 Å². The predicted octanol–water partition coefficient (Wildman–Crippen LogP) is 3.00. The van der Waals surface area contributed by atoms with Gasteiger partial charge in [-0.3, -0.25) is 9.89 Å². The molecule has 1 amide bonds. The second-order valence-electron chi connectivity index (χ2n) is 7.28. The Hall–Kier alpha value is -2.99. The number of H-pyrrole nitrogens is 1. The first kappa shape index (κ1) is 18.4. The van der Waals surface area contributed by atoms with Gasteiger partial charge in [-0.2, -0.15) is 5.10 Å². The Bertz CT molecular complexity index is 938. The summed E-state index contributed by atoms with van der Waals surface area (Å²) in [4.78, 5) is 19.3. The molecule has 3 aromatic rings. The number of carbonyl (C=O) groups is 1. The monoisotopic (exact) mass is 375 g/mol. The number of hydrogen-bond acceptors (Lipinski definition) is 4. The molecule has 1 aliphatic heterocycles. The molecule has 144 valence electrons. The molecule has 1 saturated heterocycles. The van der Waals surface area contributed by atoms with Crippen molar-refractivity contribution >= 4 is 5.91 Å². The summed E-state index contributed by atoms with van der Waals surface area (Å²) in [5.74, 6) is 1.11. The molecule has 6 heteroatoms. The summed E-state index contributed by atoms with van der Waals surface area (Å²) in [6, 6.07) is 16.1. The largest absolute Gasteiger partial charge is 0.351 e. The second-order valence-corrected chi connectivity index (χ2v) is 7.28. The Morgan fingerprint density at radius 3 is 2.86 bits per heavy atom. The van der Waals surface area contributed by atoms with Crippen molar-refractivity contribution in [2.75, 3.05) is 26.2 Å². The minimum absolute atomic E-state index is 0.0818. The molecule has 2 aromatic carbocycles. The molecule has 4 rings (SSSR count). The number of rotatable bonds is 6. The van der Waals surface area contributed by atoms with Gasteiger partial charge in [-0.15, -0.1) is 0 Å². The fourth-order valence-corrected chi connectivity index (χ4v) is 3.98. The molecule has 0 spiro atoms. The average Bonchev–Trinajstić information content (AvgIpc) is 3.41. The van der Waals surface area contributed by atoms with Crippen molar-refractivity contribution in [2.24, 2.45) is 0 Å². The Morgan fingerprint density at radius 2 is 2.04 bits per heavy atom. The van der Waals surface area contributed by atoms with Crippen LogP contribution in [0, 0.1) is 6.92 Å². The van der Waals surface area contributed by atoms with Gasteiger partial charge in [-0.1, -0.05) is 42.5 Å². The first-order chi connectivity index (χ1) is 13.7. The highest BCUT2D eigenvalue weighted by Gasteiger charge is 2.24. The van der Waals surface area contributed by atoms with E-state index in [0.717, 1.165) is 25.2 Å². The number of likely N-dealkylation sites (tertiary alicyclic amines) is 1. The van der Waals surface area contributed by atoms with Crippen LogP contribution in [-0.4, -0.2) is 52.2 Å². The lowest BCUT2D eigenvalue weighted by atomic mass is 9.94. The van der Waals surface area contributed by atoms with E-state index < -0.39 is 0 Å². The Kier molecular flexibility index (Phi) is 5.48. The quantitative estimate of drug-likeness (QED) is 0.695. The summed E-state index contributed by atoms with van der Waals surface area (Å²) in [5, 5.41) is 9.75. The summed E-state index contributed by atoms with van der Waals surface area (Å²) in [6.45, 7) is 5.80. The van der Waals surface area contributed by atoms with Crippen molar-refractivity contribution in [3.63, 3.8) is 0 Å². The van der Waals surface area contributed by atoms with Gasteiger partial charge in [-0.05, 0) is 43.0 Å². The minimum Gasteiger partial charge on any atom is -0.351 e. The van der Waals surface area contributed by atoms with Gasteiger partial charge in [0.1, 0.15) is 6.33 Å². The van der Waals surface area contributed by atoms with Crippen LogP contribution in [0.15, 0.2) is 54.9 Å². The summed E-state index contributed by atoms with van der Waals surface area (Å²) < 4.78 is 0. The van der Waals surface area contributed by atoms with Gasteiger partial charge in [0, 0.05) is 25.2 Å². The summed E-state index contributed by atoms with van der Waals surface area (Å²) in [7, 11) is 0. The number of aryl methyl sites for hydroxylation is 1. The van der Waals surface area contributed by atoms with Gasteiger partial charge in [0.2, 0.25) is 0 Å². The van der Waals surface area contributed by atoms with Crippen LogP contribution in [0.2, 0.25) is 0 Å². The molecule has 2 N–H and O–H groups in total. The first-order valence-corrected chi connectivity index (χ1v) is 9.73. The maximum absolute atomic E-state index is 12.7. The number of nitrogens with zero attached hydrogens (tertiary/aromatic N) is 3. The van der Waals surface area contributed by atoms with Crippen LogP contribution in [0.4, 0.5) is 0 Å². The molecule has 1 fully saturated rings. The van der Waals surface area contributed by atoms with Gasteiger partial charge in [0.05, 0.1) is 5.56 Å². The molecule has 28 heavy (non-hydrogen) atoms. The molecule has 0 aliphatic carbocycles. The zero-order valence-electron chi connectivity index (χ0n) is 16.1. The van der Waals surface area contributed by atoms with Crippen molar-refractivity contribution in [3.8, 4) is 11.4 Å². The van der Waals surface area contributed by atoms with E-state index in [9.17, 15) is 4.79 Å². The van der Waals surface area contributed by atoms with Gasteiger partial charge in [0.25, 0.3) is 5.91 Å². The molecular weight excluding hydrogens is 350 g/mol. The number of aromatic nitrogens is 3. The molecule has 1 aromatic heterocycles. The fourth-order valence-electron chi connectivity index (χ4n) is 3.98. The summed E-state index contributed by atoms with van der Waals surface area (Å²) >= 11 is 0. The molecule has 1 atom stereocenters. The molecule has 0 saturated carbocycles. The number of benzene rings is 2. The van der Waals surface area contributed by atoms with Crippen LogP contribution in [0.5, 0.6) is 0 Å². The SMILES string of the molecule is Cc1ccccc1C1CCN(CCNC(=O)c2ccccc2-c2ncn[nH]2)C1. The van der Waals surface area contributed by atoms with Crippen LogP contribution in [0.3, 0.4) is 0 Å². The average molecular weight is 375 g/mol. The topological polar surface area (TPSA) is 73.9 Å². The van der Waals surface area contributed by atoms with Crippen LogP contribution in [-0.2, 0) is 0 Å². The highest BCUT2D eigenvalue weighted by molar-refractivity contribution is 6.00. The number of amides is 1. The lowest BCUT2D eigenvalue weighted by molar-refractivity contribution is 0.0950. The first-order valence-electron chi connectivity index (χ1n) is 9.73. The van der Waals surface area contributed by atoms with Crippen molar-refractivity contribution in [3.05, 3.63) is 71.5 Å². The molecule has 0 radical (unpaired) electrons. The molecule has 1 unspecified atom stereocenters. The zero-order valence-corrected chi connectivity index (χ0v) is 16.1. The third-order valence-corrected chi connectivity index (χ3v) is 5.46. The van der Waals surface area contributed by atoms with Crippen LogP contribution >= 0.6 is 0 Å². The van der Waals surface area contributed by atoms with E-state index in [0.29, 0.717) is 23.9 Å². The van der Waals surface area contributed by atoms with E-state index in [2.05, 4.69) is 56.6 Å². The Labute approximate surface area is 165 Å². The van der Waals surface area contributed by atoms with Crippen LogP contribution < -0.4 is 5.32 Å². The van der Waals surface area contributed by atoms with E-state index in [1.165, 1.54) is 23.9 Å². The molecule has 0 bridgehead atoms. The number of carbonyl (C=O) groups excluding carboxylic acids is 1. The van der Waals surface area contributed by atoms with Crippen LogP contribution in [0.1, 0.15) is 33.8 Å². The van der Waals surface area contributed by atoms with E-state index >= 15 is 0 Å². The second kappa shape index (κ2) is 8.35. The van der Waals surface area contributed by atoms with Gasteiger partial charge in [-0.25, -0.2) is 4.98 Å². The third-order valence-electron chi connectivity index (χ3n) is 5.46. The fraction of sp³-hybridized carbons (Fsp3) is 0.318. The highest BCUT2D eigenvalue weighted by atomic mass is 16.1. The van der Waals surface area contributed by atoms with Crippen molar-refractivity contribution in [2.45, 2.75) is 19.3 Å². The molecule has 6 nitrogen and oxygen atoms in total. The maximum Gasteiger partial charge on any atom is 0.252 e. The minimum atomic E-state index is -0.0818. The van der Waals surface area contributed by atoms with Crippen LogP contribution in [0.25, 0.3) is 11.4 Å². The van der Waals surface area contributed by atoms with E-state index in [-0.39, 0.29) is 5.91 Å². The summed E-state index contributed by atoms with van der Waals surface area (Å²) in [6.07, 6.45) is 2.62. The van der Waals surface area contributed by atoms with Gasteiger partial charge >= 0.3 is 0 Å². The maximum atomic E-state index is 12.7. The van der Waals surface area contributed by atoms with E-state index in [4.69, 9.17) is 0 Å². The zero-order chi connectivity index (χ0) is 19.3. The number of hydrogen-bond donors (Lipinski definition) is 2. The van der Waals surface area contributed by atoms with E-state index in [1.54, 1.807) is 0 Å². The molecular formula is C22H25N5O. The van der Waals surface area contributed by atoms with E-state index in [1.807, 2.05) is 24.3 Å². The Morgan fingerprint density at radius 1 is 1.21 bits per heavy atom. The normalized spacial score (nSPS) is 17.0. The lowest BCUT2D eigenvalue weighted by Crippen LogP contribution is -2.34. The molecule has 2 heterocycles. The smallest absolute Gasteiger partial charge is 0.252 e. The van der Waals surface area contributed by atoms with Crippen molar-refractivity contribution in [1.82, 2.24) is 25.4 Å². The number of nitrogens with one attached hydrogen (secondary N) is 2. The lowest BCUT2D eigenvalue weighted by Gasteiger charge is -2.17. The van der Waals surface area contributed by atoms with Crippen molar-refractivity contribution in [1.29, 1.82) is 0 Å². The predicted molar refractivity (Wildman–Crippen MR) is 109 cm³/mol. The Balaban J connectivity index is 1.32. The molecule has 1 aliphatic rings.